The first-order chi connectivity index (χ1) is 15.7. The first-order valence-corrected chi connectivity index (χ1v) is 12.2. The molecule has 1 heterocycles. The van der Waals surface area contributed by atoms with Crippen molar-refractivity contribution in [3.05, 3.63) is 54.1 Å². The van der Waals surface area contributed by atoms with Gasteiger partial charge in [-0.25, -0.2) is 8.42 Å². The van der Waals surface area contributed by atoms with E-state index in [0.717, 1.165) is 0 Å². The van der Waals surface area contributed by atoms with Gasteiger partial charge in [0, 0.05) is 30.9 Å². The Balaban J connectivity index is 1.60. The molecule has 10 heteroatoms. The van der Waals surface area contributed by atoms with Gasteiger partial charge >= 0.3 is 0 Å². The van der Waals surface area contributed by atoms with Crippen LogP contribution < -0.4 is 15.4 Å². The van der Waals surface area contributed by atoms with Crippen LogP contribution in [0, 0.1) is 0 Å². The largest absolute Gasteiger partial charge is 0.484 e. The highest BCUT2D eigenvalue weighted by Crippen LogP contribution is 2.22. The van der Waals surface area contributed by atoms with Gasteiger partial charge in [0.1, 0.15) is 5.75 Å². The van der Waals surface area contributed by atoms with Crippen molar-refractivity contribution in [3.63, 3.8) is 0 Å². The quantitative estimate of drug-likeness (QED) is 0.605. The molecule has 0 aromatic heterocycles. The first kappa shape index (κ1) is 24.7. The van der Waals surface area contributed by atoms with Gasteiger partial charge in [-0.15, -0.1) is 0 Å². The number of carbonyl (C=O) groups is 2. The zero-order valence-electron chi connectivity index (χ0n) is 18.9. The van der Waals surface area contributed by atoms with Crippen molar-refractivity contribution in [1.82, 2.24) is 9.62 Å². The van der Waals surface area contributed by atoms with Crippen molar-refractivity contribution in [2.24, 2.45) is 0 Å². The minimum Gasteiger partial charge on any atom is -0.484 e. The number of likely N-dealkylation sites (N-methyl/N-ethyl adjacent to an activating group) is 1. The minimum absolute atomic E-state index is 0.0862. The second-order valence-corrected chi connectivity index (χ2v) is 9.76. The van der Waals surface area contributed by atoms with Crippen molar-refractivity contribution >= 4 is 27.5 Å². The molecule has 33 heavy (non-hydrogen) atoms. The molecule has 2 atom stereocenters. The summed E-state index contributed by atoms with van der Waals surface area (Å²) in [6, 6.07) is 12.5. The van der Waals surface area contributed by atoms with Crippen molar-refractivity contribution in [3.8, 4) is 5.75 Å². The maximum absolute atomic E-state index is 12.9. The summed E-state index contributed by atoms with van der Waals surface area (Å²) in [6.07, 6.45) is -0.363. The Bertz CT molecular complexity index is 1060. The summed E-state index contributed by atoms with van der Waals surface area (Å²) >= 11 is 0. The highest BCUT2D eigenvalue weighted by Gasteiger charge is 2.32. The van der Waals surface area contributed by atoms with Gasteiger partial charge in [-0.2, -0.15) is 4.31 Å². The average molecular weight is 476 g/mol. The Morgan fingerprint density at radius 1 is 1.03 bits per heavy atom. The van der Waals surface area contributed by atoms with Crippen molar-refractivity contribution in [1.29, 1.82) is 0 Å². The van der Waals surface area contributed by atoms with Crippen LogP contribution in [0.4, 0.5) is 5.69 Å². The number of hydrogen-bond donors (Lipinski definition) is 2. The van der Waals surface area contributed by atoms with Gasteiger partial charge in [0.15, 0.2) is 6.61 Å². The monoisotopic (exact) mass is 475 g/mol. The molecule has 2 aromatic carbocycles. The number of anilines is 1. The molecule has 2 amide bonds. The topological polar surface area (TPSA) is 114 Å². The fourth-order valence-electron chi connectivity index (χ4n) is 3.49. The summed E-state index contributed by atoms with van der Waals surface area (Å²) in [4.78, 5) is 24.1. The van der Waals surface area contributed by atoms with Crippen molar-refractivity contribution in [2.75, 3.05) is 31.6 Å². The molecule has 2 unspecified atom stereocenters. The Morgan fingerprint density at radius 3 is 2.21 bits per heavy atom. The number of rotatable bonds is 8. The molecule has 0 spiro atoms. The minimum atomic E-state index is -3.67. The van der Waals surface area contributed by atoms with E-state index < -0.39 is 10.0 Å². The molecule has 2 N–H and O–H groups in total. The Kier molecular flexibility index (Phi) is 8.06. The van der Waals surface area contributed by atoms with E-state index in [1.165, 1.54) is 28.6 Å². The van der Waals surface area contributed by atoms with E-state index in [1.807, 2.05) is 20.8 Å². The Labute approximate surface area is 194 Å². The number of nitrogens with one attached hydrogen (secondary N) is 2. The van der Waals surface area contributed by atoms with Crippen LogP contribution in [0.3, 0.4) is 0 Å². The maximum Gasteiger partial charge on any atom is 0.257 e. The summed E-state index contributed by atoms with van der Waals surface area (Å²) in [5.74, 6) is -0.0814. The van der Waals surface area contributed by atoms with E-state index in [4.69, 9.17) is 9.47 Å². The fraction of sp³-hybridized carbons (Fsp3) is 0.391. The van der Waals surface area contributed by atoms with E-state index in [2.05, 4.69) is 10.6 Å². The van der Waals surface area contributed by atoms with E-state index in [0.29, 0.717) is 23.5 Å². The summed E-state index contributed by atoms with van der Waals surface area (Å²) in [7, 11) is -3.67. The van der Waals surface area contributed by atoms with Gasteiger partial charge in [0.2, 0.25) is 10.0 Å². The molecule has 0 aliphatic carbocycles. The molecule has 2 aromatic rings. The predicted octanol–water partition coefficient (Wildman–Crippen LogP) is 2.25. The number of nitrogens with zero attached hydrogens (tertiary/aromatic N) is 1. The second kappa shape index (κ2) is 10.8. The van der Waals surface area contributed by atoms with Crippen molar-refractivity contribution < 1.29 is 27.5 Å². The summed E-state index contributed by atoms with van der Waals surface area (Å²) in [5, 5.41) is 5.39. The smallest absolute Gasteiger partial charge is 0.257 e. The highest BCUT2D eigenvalue weighted by molar-refractivity contribution is 7.89. The zero-order chi connectivity index (χ0) is 24.0. The van der Waals surface area contributed by atoms with Crippen LogP contribution in [0.1, 0.15) is 31.1 Å². The molecular formula is C23H29N3O6S. The highest BCUT2D eigenvalue weighted by atomic mass is 32.2. The van der Waals surface area contributed by atoms with Gasteiger partial charge in [0.25, 0.3) is 11.8 Å². The molecule has 1 saturated heterocycles. The summed E-state index contributed by atoms with van der Waals surface area (Å²) < 4.78 is 38.3. The molecule has 0 saturated carbocycles. The lowest BCUT2D eigenvalue weighted by atomic mass is 10.2. The van der Waals surface area contributed by atoms with Gasteiger partial charge < -0.3 is 20.1 Å². The molecule has 9 nitrogen and oxygen atoms in total. The molecule has 1 aliphatic heterocycles. The van der Waals surface area contributed by atoms with Crippen LogP contribution >= 0.6 is 0 Å². The lowest BCUT2D eigenvalue weighted by molar-refractivity contribution is -0.122. The van der Waals surface area contributed by atoms with Gasteiger partial charge in [-0.3, -0.25) is 9.59 Å². The number of amides is 2. The van der Waals surface area contributed by atoms with E-state index in [1.54, 1.807) is 24.3 Å². The fourth-order valence-corrected chi connectivity index (χ4v) is 5.08. The van der Waals surface area contributed by atoms with Gasteiger partial charge in [-0.05, 0) is 69.3 Å². The van der Waals surface area contributed by atoms with Crippen LogP contribution in [-0.4, -0.2) is 63.0 Å². The number of carbonyl (C=O) groups excluding carboxylic acids is 2. The summed E-state index contributed by atoms with van der Waals surface area (Å²) in [5.41, 5.74) is 0.868. The van der Waals surface area contributed by atoms with Gasteiger partial charge in [-0.1, -0.05) is 0 Å². The van der Waals surface area contributed by atoms with Crippen LogP contribution in [0.2, 0.25) is 0 Å². The van der Waals surface area contributed by atoms with Gasteiger partial charge in [0.05, 0.1) is 17.1 Å². The van der Waals surface area contributed by atoms with E-state index >= 15 is 0 Å². The van der Waals surface area contributed by atoms with E-state index in [-0.39, 0.29) is 48.6 Å². The molecule has 3 rings (SSSR count). The average Bonchev–Trinajstić information content (AvgIpc) is 2.78. The second-order valence-electron chi connectivity index (χ2n) is 7.82. The number of hydrogen-bond acceptors (Lipinski definition) is 6. The first-order valence-electron chi connectivity index (χ1n) is 10.8. The molecule has 0 radical (unpaired) electrons. The molecule has 178 valence electrons. The van der Waals surface area contributed by atoms with Crippen molar-refractivity contribution in [2.45, 2.75) is 37.9 Å². The third kappa shape index (κ3) is 6.53. The maximum atomic E-state index is 12.9. The summed E-state index contributed by atoms with van der Waals surface area (Å²) in [6.45, 7) is 6.53. The SMILES string of the molecule is CCNC(=O)COc1ccc(NC(=O)c2ccc(S(=O)(=O)N3CC(C)OC(C)C3)cc2)cc1. The Morgan fingerprint density at radius 2 is 1.64 bits per heavy atom. The lowest BCUT2D eigenvalue weighted by Crippen LogP contribution is -2.48. The molecular weight excluding hydrogens is 446 g/mol. The third-order valence-electron chi connectivity index (χ3n) is 5.00. The number of benzene rings is 2. The molecule has 1 aliphatic rings. The molecule has 1 fully saturated rings. The van der Waals surface area contributed by atoms with Crippen LogP contribution in [-0.2, 0) is 19.6 Å². The van der Waals surface area contributed by atoms with Crippen LogP contribution in [0.5, 0.6) is 5.75 Å². The Hall–Kier alpha value is -2.95. The lowest BCUT2D eigenvalue weighted by Gasteiger charge is -2.34. The number of sulfonamides is 1. The third-order valence-corrected chi connectivity index (χ3v) is 6.84. The van der Waals surface area contributed by atoms with Crippen LogP contribution in [0.15, 0.2) is 53.4 Å². The standard InChI is InChI=1S/C23H29N3O6S/c1-4-24-22(27)15-31-20-9-7-19(8-10-20)25-23(28)18-5-11-21(12-6-18)33(29,30)26-13-16(2)32-17(3)14-26/h5-12,16-17H,4,13-15H2,1-3H3,(H,24,27)(H,25,28). The predicted molar refractivity (Wildman–Crippen MR) is 124 cm³/mol. The zero-order valence-corrected chi connectivity index (χ0v) is 19.7. The van der Waals surface area contributed by atoms with Crippen LogP contribution in [0.25, 0.3) is 0 Å². The molecule has 0 bridgehead atoms. The van der Waals surface area contributed by atoms with E-state index in [9.17, 15) is 18.0 Å². The number of morpholine rings is 1. The normalized spacial score (nSPS) is 19.0. The number of ether oxygens (including phenoxy) is 2.